The summed E-state index contributed by atoms with van der Waals surface area (Å²) in [5.41, 5.74) is 0. The Morgan fingerprint density at radius 2 is 1.55 bits per heavy atom. The van der Waals surface area contributed by atoms with Crippen molar-refractivity contribution < 1.29 is 0 Å². The summed E-state index contributed by atoms with van der Waals surface area (Å²) in [6.07, 6.45) is 3.84. The van der Waals surface area contributed by atoms with Crippen LogP contribution in [0.15, 0.2) is 25.3 Å². The lowest BCUT2D eigenvalue weighted by Gasteiger charge is -2.22. The van der Waals surface area contributed by atoms with Gasteiger partial charge in [-0.15, -0.1) is 30.1 Å². The zero-order valence-electron chi connectivity index (χ0n) is 7.42. The molecule has 0 bridgehead atoms. The van der Waals surface area contributed by atoms with E-state index in [2.05, 4.69) is 31.9 Å². The van der Waals surface area contributed by atoms with Crippen molar-refractivity contribution in [3.05, 3.63) is 25.3 Å². The standard InChI is InChI=1S/C9H17N.BrH/c1-5-7-10(8-6-2)9(3)4;/h5-6,9H,1-2,7-8H2,3-4H3;1H. The fourth-order valence-electron chi connectivity index (χ4n) is 0.828. The van der Waals surface area contributed by atoms with Crippen LogP contribution >= 0.6 is 17.0 Å². The molecular weight excluding hydrogens is 202 g/mol. The van der Waals surface area contributed by atoms with Crippen molar-refractivity contribution in [1.82, 2.24) is 4.90 Å². The molecule has 0 aliphatic rings. The molecule has 0 rings (SSSR count). The maximum Gasteiger partial charge on any atom is 0.0166 e. The van der Waals surface area contributed by atoms with E-state index >= 15 is 0 Å². The molecule has 0 spiro atoms. The monoisotopic (exact) mass is 219 g/mol. The highest BCUT2D eigenvalue weighted by molar-refractivity contribution is 8.93. The van der Waals surface area contributed by atoms with E-state index in [9.17, 15) is 0 Å². The summed E-state index contributed by atoms with van der Waals surface area (Å²) in [4.78, 5) is 2.29. The molecular formula is C9H18BrN. The van der Waals surface area contributed by atoms with Crippen molar-refractivity contribution in [2.24, 2.45) is 0 Å². The molecule has 0 radical (unpaired) electrons. The molecule has 0 aromatic rings. The average Bonchev–Trinajstić information content (AvgIpc) is 1.87. The third-order valence-corrected chi connectivity index (χ3v) is 1.46. The summed E-state index contributed by atoms with van der Waals surface area (Å²) in [6, 6.07) is 0.580. The fourth-order valence-corrected chi connectivity index (χ4v) is 0.828. The highest BCUT2D eigenvalue weighted by atomic mass is 79.9. The van der Waals surface area contributed by atoms with Crippen LogP contribution in [0, 0.1) is 0 Å². The van der Waals surface area contributed by atoms with Gasteiger partial charge in [0, 0.05) is 19.1 Å². The van der Waals surface area contributed by atoms with Gasteiger partial charge in [-0.3, -0.25) is 4.90 Å². The zero-order chi connectivity index (χ0) is 7.98. The molecule has 0 aromatic heterocycles. The molecule has 2 heteroatoms. The second kappa shape index (κ2) is 8.02. The van der Waals surface area contributed by atoms with Crippen LogP contribution in [0.2, 0.25) is 0 Å². The zero-order valence-corrected chi connectivity index (χ0v) is 9.13. The van der Waals surface area contributed by atoms with E-state index in [1.165, 1.54) is 0 Å². The lowest BCUT2D eigenvalue weighted by atomic mass is 10.3. The summed E-state index contributed by atoms with van der Waals surface area (Å²) < 4.78 is 0. The van der Waals surface area contributed by atoms with Crippen LogP contribution < -0.4 is 0 Å². The lowest BCUT2D eigenvalue weighted by Crippen LogP contribution is -2.30. The number of rotatable bonds is 5. The molecule has 0 N–H and O–H groups in total. The van der Waals surface area contributed by atoms with Crippen LogP contribution in [0.5, 0.6) is 0 Å². The molecule has 0 saturated carbocycles. The highest BCUT2D eigenvalue weighted by Gasteiger charge is 2.03. The van der Waals surface area contributed by atoms with E-state index in [0.717, 1.165) is 13.1 Å². The summed E-state index contributed by atoms with van der Waals surface area (Å²) in [5.74, 6) is 0. The van der Waals surface area contributed by atoms with Gasteiger partial charge in [0.1, 0.15) is 0 Å². The Balaban J connectivity index is 0. The summed E-state index contributed by atoms with van der Waals surface area (Å²) >= 11 is 0. The highest BCUT2D eigenvalue weighted by Crippen LogP contribution is 1.96. The molecule has 0 atom stereocenters. The molecule has 0 aliphatic carbocycles. The molecule has 0 saturated heterocycles. The Bertz CT molecular complexity index is 100. The second-order valence-electron chi connectivity index (χ2n) is 2.63. The molecule has 0 aliphatic heterocycles. The van der Waals surface area contributed by atoms with Gasteiger partial charge in [-0.2, -0.15) is 0 Å². The smallest absolute Gasteiger partial charge is 0.0166 e. The van der Waals surface area contributed by atoms with Gasteiger partial charge in [0.25, 0.3) is 0 Å². The van der Waals surface area contributed by atoms with Gasteiger partial charge in [0.15, 0.2) is 0 Å². The lowest BCUT2D eigenvalue weighted by molar-refractivity contribution is 0.273. The Kier molecular flexibility index (Phi) is 9.85. The minimum atomic E-state index is 0. The normalized spacial score (nSPS) is 9.45. The Morgan fingerprint density at radius 3 is 1.73 bits per heavy atom. The number of nitrogens with zero attached hydrogens (tertiary/aromatic N) is 1. The van der Waals surface area contributed by atoms with Gasteiger partial charge in [-0.05, 0) is 13.8 Å². The topological polar surface area (TPSA) is 3.24 Å². The van der Waals surface area contributed by atoms with Crippen LogP contribution in [-0.4, -0.2) is 24.0 Å². The van der Waals surface area contributed by atoms with Crippen molar-refractivity contribution >= 4 is 17.0 Å². The predicted octanol–water partition coefficient (Wildman–Crippen LogP) is 2.65. The Hall–Kier alpha value is -0.0800. The van der Waals surface area contributed by atoms with Crippen molar-refractivity contribution in [2.75, 3.05) is 13.1 Å². The molecule has 0 amide bonds. The van der Waals surface area contributed by atoms with E-state index < -0.39 is 0 Å². The molecule has 1 nitrogen and oxygen atoms in total. The van der Waals surface area contributed by atoms with Crippen LogP contribution in [-0.2, 0) is 0 Å². The van der Waals surface area contributed by atoms with E-state index in [1.807, 2.05) is 12.2 Å². The molecule has 0 unspecified atom stereocenters. The number of hydrogen-bond acceptors (Lipinski definition) is 1. The molecule has 66 valence electrons. The Morgan fingerprint density at radius 1 is 1.18 bits per heavy atom. The van der Waals surface area contributed by atoms with Crippen LogP contribution in [0.3, 0.4) is 0 Å². The molecule has 0 heterocycles. The minimum Gasteiger partial charge on any atom is -0.294 e. The van der Waals surface area contributed by atoms with E-state index in [0.29, 0.717) is 6.04 Å². The Labute approximate surface area is 80.6 Å². The third-order valence-electron chi connectivity index (χ3n) is 1.46. The predicted molar refractivity (Wildman–Crippen MR) is 57.4 cm³/mol. The average molecular weight is 220 g/mol. The van der Waals surface area contributed by atoms with Gasteiger partial charge in [0.2, 0.25) is 0 Å². The first-order chi connectivity index (χ1) is 4.72. The van der Waals surface area contributed by atoms with Crippen LogP contribution in [0.25, 0.3) is 0 Å². The summed E-state index contributed by atoms with van der Waals surface area (Å²) in [7, 11) is 0. The van der Waals surface area contributed by atoms with E-state index in [-0.39, 0.29) is 17.0 Å². The fraction of sp³-hybridized carbons (Fsp3) is 0.556. The molecule has 0 fully saturated rings. The summed E-state index contributed by atoms with van der Waals surface area (Å²) in [5, 5.41) is 0. The van der Waals surface area contributed by atoms with Crippen LogP contribution in [0.1, 0.15) is 13.8 Å². The van der Waals surface area contributed by atoms with Gasteiger partial charge in [0.05, 0.1) is 0 Å². The first-order valence-corrected chi connectivity index (χ1v) is 3.68. The minimum absolute atomic E-state index is 0. The quantitative estimate of drug-likeness (QED) is 0.644. The van der Waals surface area contributed by atoms with E-state index in [1.54, 1.807) is 0 Å². The largest absolute Gasteiger partial charge is 0.294 e. The maximum absolute atomic E-state index is 3.69. The van der Waals surface area contributed by atoms with Crippen LogP contribution in [0.4, 0.5) is 0 Å². The first-order valence-electron chi connectivity index (χ1n) is 3.68. The maximum atomic E-state index is 3.69. The molecule has 0 aromatic carbocycles. The SMILES string of the molecule is Br.C=CCN(CC=C)C(C)C. The van der Waals surface area contributed by atoms with Gasteiger partial charge in [-0.1, -0.05) is 12.2 Å². The van der Waals surface area contributed by atoms with Crippen molar-refractivity contribution in [3.63, 3.8) is 0 Å². The van der Waals surface area contributed by atoms with Crippen molar-refractivity contribution in [2.45, 2.75) is 19.9 Å². The van der Waals surface area contributed by atoms with E-state index in [4.69, 9.17) is 0 Å². The number of halogens is 1. The first kappa shape index (κ1) is 13.5. The second-order valence-corrected chi connectivity index (χ2v) is 2.63. The third kappa shape index (κ3) is 6.32. The number of hydrogen-bond donors (Lipinski definition) is 0. The molecule has 11 heavy (non-hydrogen) atoms. The van der Waals surface area contributed by atoms with Gasteiger partial charge >= 0.3 is 0 Å². The van der Waals surface area contributed by atoms with Gasteiger partial charge < -0.3 is 0 Å². The van der Waals surface area contributed by atoms with Gasteiger partial charge in [-0.25, -0.2) is 0 Å². The summed E-state index contributed by atoms with van der Waals surface area (Å²) in [6.45, 7) is 13.6. The van der Waals surface area contributed by atoms with Crippen molar-refractivity contribution in [1.29, 1.82) is 0 Å². The van der Waals surface area contributed by atoms with Crippen molar-refractivity contribution in [3.8, 4) is 0 Å².